The predicted octanol–water partition coefficient (Wildman–Crippen LogP) is 1.99. The van der Waals surface area contributed by atoms with Gasteiger partial charge in [0.2, 0.25) is 0 Å². The fraction of sp³-hybridized carbons (Fsp3) is 1.00. The predicted molar refractivity (Wildman–Crippen MR) is 37.6 cm³/mol. The highest BCUT2D eigenvalue weighted by Crippen LogP contribution is 2.15. The zero-order valence-electron chi connectivity index (χ0n) is 4.64. The summed E-state index contributed by atoms with van der Waals surface area (Å²) >= 11 is 0. The number of ether oxygens (including phenoxy) is 1. The van der Waals surface area contributed by atoms with Crippen molar-refractivity contribution in [2.24, 2.45) is 0 Å². The Morgan fingerprint density at radius 3 is 2.71 bits per heavy atom. The summed E-state index contributed by atoms with van der Waals surface area (Å²) in [5.74, 6) is 0.817. The van der Waals surface area contributed by atoms with Gasteiger partial charge in [-0.15, -0.1) is 0 Å². The molecule has 0 rings (SSSR count). The Kier molecular flexibility index (Phi) is 7.29. The Labute approximate surface area is 52.6 Å². The second-order valence-corrected chi connectivity index (χ2v) is 3.41. The molecule has 0 aliphatic heterocycles. The molecule has 0 atom stereocenters. The van der Waals surface area contributed by atoms with Crippen LogP contribution in [0.2, 0.25) is 0 Å². The average molecular weight is 138 g/mol. The Morgan fingerprint density at radius 2 is 2.29 bits per heavy atom. The van der Waals surface area contributed by atoms with Crippen LogP contribution in [-0.2, 0) is 4.74 Å². The van der Waals surface area contributed by atoms with E-state index in [4.69, 9.17) is 4.74 Å². The van der Waals surface area contributed by atoms with E-state index in [0.29, 0.717) is 0 Å². The molecule has 0 fully saturated rings. The van der Waals surface area contributed by atoms with E-state index < -0.39 is 0 Å². The lowest BCUT2D eigenvalue weighted by molar-refractivity contribution is 0.200. The summed E-state index contributed by atoms with van der Waals surface area (Å²) in [6.07, 6.45) is 2.05. The fourth-order valence-electron chi connectivity index (χ4n) is 0.165. The van der Waals surface area contributed by atoms with Crippen molar-refractivity contribution in [2.45, 2.75) is 6.92 Å². The van der Waals surface area contributed by atoms with Gasteiger partial charge in [-0.1, -0.05) is 21.6 Å². The van der Waals surface area contributed by atoms with Crippen LogP contribution in [0.4, 0.5) is 0 Å². The van der Waals surface area contributed by atoms with Gasteiger partial charge in [0.25, 0.3) is 0 Å². The van der Waals surface area contributed by atoms with Crippen LogP contribution < -0.4 is 0 Å². The van der Waals surface area contributed by atoms with Crippen molar-refractivity contribution in [2.75, 3.05) is 18.8 Å². The van der Waals surface area contributed by atoms with Crippen molar-refractivity contribution in [1.82, 2.24) is 0 Å². The maximum absolute atomic E-state index is 5.02. The van der Waals surface area contributed by atoms with Crippen molar-refractivity contribution < 1.29 is 4.74 Å². The van der Waals surface area contributed by atoms with Gasteiger partial charge in [-0.05, 0) is 13.2 Å². The van der Waals surface area contributed by atoms with E-state index in [9.17, 15) is 0 Å². The molecule has 0 aliphatic carbocycles. The first-order chi connectivity index (χ1) is 3.41. The molecule has 44 valence electrons. The molecule has 0 amide bonds. The summed E-state index contributed by atoms with van der Waals surface area (Å²) in [6, 6.07) is 0. The number of hydrogen-bond acceptors (Lipinski definition) is 3. The molecule has 0 saturated carbocycles. The van der Waals surface area contributed by atoms with Crippen molar-refractivity contribution in [3.05, 3.63) is 0 Å². The van der Waals surface area contributed by atoms with Crippen molar-refractivity contribution in [3.63, 3.8) is 0 Å². The molecule has 0 aromatic heterocycles. The highest BCUT2D eigenvalue weighted by atomic mass is 33.1. The molecular weight excluding hydrogens is 128 g/mol. The SMILES string of the molecule is CCOCSSC. The second-order valence-electron chi connectivity index (χ2n) is 0.895. The van der Waals surface area contributed by atoms with Gasteiger partial charge in [0.05, 0.1) is 0 Å². The first kappa shape index (κ1) is 7.66. The van der Waals surface area contributed by atoms with E-state index in [2.05, 4.69) is 0 Å². The molecule has 0 radical (unpaired) electrons. The van der Waals surface area contributed by atoms with E-state index in [-0.39, 0.29) is 0 Å². The van der Waals surface area contributed by atoms with E-state index in [1.807, 2.05) is 13.2 Å². The highest BCUT2D eigenvalue weighted by Gasteiger charge is 1.79. The lowest BCUT2D eigenvalue weighted by Gasteiger charge is -1.93. The van der Waals surface area contributed by atoms with Crippen LogP contribution in [0.1, 0.15) is 6.92 Å². The smallest absolute Gasteiger partial charge is 0.102 e. The lowest BCUT2D eigenvalue weighted by atomic mass is 10.9. The first-order valence-electron chi connectivity index (χ1n) is 2.15. The minimum atomic E-state index is 0.817. The van der Waals surface area contributed by atoms with Gasteiger partial charge in [0.15, 0.2) is 0 Å². The first-order valence-corrected chi connectivity index (χ1v) is 4.88. The molecule has 0 bridgehead atoms. The molecule has 0 heterocycles. The van der Waals surface area contributed by atoms with Gasteiger partial charge >= 0.3 is 0 Å². The van der Waals surface area contributed by atoms with Crippen molar-refractivity contribution in [3.8, 4) is 0 Å². The molecule has 0 aromatic carbocycles. The third-order valence-corrected chi connectivity index (χ3v) is 1.95. The summed E-state index contributed by atoms with van der Waals surface area (Å²) in [6.45, 7) is 2.83. The van der Waals surface area contributed by atoms with Crippen LogP contribution in [-0.4, -0.2) is 18.8 Å². The Morgan fingerprint density at radius 1 is 1.57 bits per heavy atom. The van der Waals surface area contributed by atoms with Crippen LogP contribution >= 0.6 is 21.6 Å². The summed E-state index contributed by atoms with van der Waals surface area (Å²) in [5.41, 5.74) is 0. The summed E-state index contributed by atoms with van der Waals surface area (Å²) in [7, 11) is 3.46. The van der Waals surface area contributed by atoms with Crippen LogP contribution in [0.25, 0.3) is 0 Å². The molecule has 0 spiro atoms. The summed E-state index contributed by atoms with van der Waals surface area (Å²) < 4.78 is 5.02. The molecule has 0 unspecified atom stereocenters. The quantitative estimate of drug-likeness (QED) is 0.334. The molecule has 1 nitrogen and oxygen atoms in total. The average Bonchev–Trinajstić information content (AvgIpc) is 1.69. The van der Waals surface area contributed by atoms with Gasteiger partial charge in [-0.2, -0.15) is 0 Å². The fourth-order valence-corrected chi connectivity index (χ4v) is 0.989. The zero-order chi connectivity index (χ0) is 5.54. The number of rotatable bonds is 4. The van der Waals surface area contributed by atoms with Crippen LogP contribution in [0.15, 0.2) is 0 Å². The topological polar surface area (TPSA) is 9.23 Å². The molecule has 0 saturated heterocycles. The van der Waals surface area contributed by atoms with E-state index >= 15 is 0 Å². The lowest BCUT2D eigenvalue weighted by Crippen LogP contribution is -1.84. The normalized spacial score (nSPS) is 9.43. The molecule has 0 aliphatic rings. The number of hydrogen-bond donors (Lipinski definition) is 0. The molecular formula is C4H10OS2. The second kappa shape index (κ2) is 6.66. The maximum Gasteiger partial charge on any atom is 0.102 e. The van der Waals surface area contributed by atoms with Gasteiger partial charge < -0.3 is 4.74 Å². The van der Waals surface area contributed by atoms with Crippen LogP contribution in [0.3, 0.4) is 0 Å². The van der Waals surface area contributed by atoms with Gasteiger partial charge in [0.1, 0.15) is 5.94 Å². The summed E-state index contributed by atoms with van der Waals surface area (Å²) in [4.78, 5) is 0. The minimum Gasteiger partial charge on any atom is -0.370 e. The zero-order valence-corrected chi connectivity index (χ0v) is 6.27. The molecule has 7 heavy (non-hydrogen) atoms. The maximum atomic E-state index is 5.02. The van der Waals surface area contributed by atoms with Crippen LogP contribution in [0, 0.1) is 0 Å². The van der Waals surface area contributed by atoms with E-state index in [1.165, 1.54) is 0 Å². The standard InChI is InChI=1S/C4H10OS2/c1-3-5-4-7-6-2/h3-4H2,1-2H3. The Balaban J connectivity index is 2.45. The molecule has 3 heteroatoms. The molecule has 0 aromatic rings. The third-order valence-electron chi connectivity index (χ3n) is 0.453. The third kappa shape index (κ3) is 6.66. The molecule has 0 N–H and O–H groups in total. The van der Waals surface area contributed by atoms with E-state index in [1.54, 1.807) is 21.6 Å². The monoisotopic (exact) mass is 138 g/mol. The minimum absolute atomic E-state index is 0.817. The largest absolute Gasteiger partial charge is 0.370 e. The van der Waals surface area contributed by atoms with E-state index in [0.717, 1.165) is 12.5 Å². The summed E-state index contributed by atoms with van der Waals surface area (Å²) in [5, 5.41) is 0. The Hall–Kier alpha value is 0.660. The van der Waals surface area contributed by atoms with Gasteiger partial charge in [0, 0.05) is 6.61 Å². The highest BCUT2D eigenvalue weighted by molar-refractivity contribution is 8.76. The van der Waals surface area contributed by atoms with Gasteiger partial charge in [-0.25, -0.2) is 0 Å². The van der Waals surface area contributed by atoms with Crippen LogP contribution in [0.5, 0.6) is 0 Å². The van der Waals surface area contributed by atoms with Crippen molar-refractivity contribution in [1.29, 1.82) is 0 Å². The van der Waals surface area contributed by atoms with Gasteiger partial charge in [-0.3, -0.25) is 0 Å². The Bertz CT molecular complexity index is 28.9. The van der Waals surface area contributed by atoms with Crippen molar-refractivity contribution >= 4 is 21.6 Å².